The van der Waals surface area contributed by atoms with Crippen molar-refractivity contribution in [2.45, 2.75) is 0 Å². The monoisotopic (exact) mass is 668 g/mol. The fourth-order valence-electron chi connectivity index (χ4n) is 4.43. The lowest BCUT2D eigenvalue weighted by molar-refractivity contribution is -0.385. The van der Waals surface area contributed by atoms with Gasteiger partial charge in [0.1, 0.15) is 23.3 Å². The normalized spacial score (nSPS) is 15.9. The first-order valence-corrected chi connectivity index (χ1v) is 14.6. The molecule has 3 aromatic rings. The summed E-state index contributed by atoms with van der Waals surface area (Å²) in [5.41, 5.74) is 6.61. The molecule has 0 bridgehead atoms. The predicted octanol–water partition coefficient (Wildman–Crippen LogP) is 4.29. The number of benzene rings is 3. The number of morpholine rings is 3. The zero-order chi connectivity index (χ0) is 34.2. The number of rotatable bonds is 4. The van der Waals surface area contributed by atoms with Crippen molar-refractivity contribution in [2.75, 3.05) is 94.4 Å². The van der Waals surface area contributed by atoms with Crippen LogP contribution in [0.4, 0.5) is 46.0 Å². The summed E-state index contributed by atoms with van der Waals surface area (Å²) >= 11 is 0. The molecule has 3 aliphatic rings. The Morgan fingerprint density at radius 2 is 0.957 bits per heavy atom. The van der Waals surface area contributed by atoms with Gasteiger partial charge in [0.25, 0.3) is 11.4 Å². The molecular formula is C30H36F4N6O7. The highest BCUT2D eigenvalue weighted by atomic mass is 19.1. The van der Waals surface area contributed by atoms with E-state index in [0.717, 1.165) is 51.1 Å². The Labute approximate surface area is 268 Å². The molecule has 0 amide bonds. The van der Waals surface area contributed by atoms with Crippen molar-refractivity contribution in [3.05, 3.63) is 98.1 Å². The summed E-state index contributed by atoms with van der Waals surface area (Å²) in [7, 11) is 0. The number of nitrogens with two attached hydrogens (primary N) is 1. The summed E-state index contributed by atoms with van der Waals surface area (Å²) in [6.45, 7) is 9.18. The Morgan fingerprint density at radius 1 is 0.574 bits per heavy atom. The average molecular weight is 669 g/mol. The summed E-state index contributed by atoms with van der Waals surface area (Å²) in [6.07, 6.45) is 0. The van der Waals surface area contributed by atoms with Gasteiger partial charge in [-0.1, -0.05) is 0 Å². The quantitative estimate of drug-likeness (QED) is 0.177. The van der Waals surface area contributed by atoms with Crippen LogP contribution in [0.2, 0.25) is 0 Å². The number of nitrogens with one attached hydrogen (secondary N) is 1. The van der Waals surface area contributed by atoms with Gasteiger partial charge in [0, 0.05) is 68.5 Å². The van der Waals surface area contributed by atoms with Crippen molar-refractivity contribution in [3.8, 4) is 0 Å². The van der Waals surface area contributed by atoms with Crippen LogP contribution in [0.5, 0.6) is 0 Å². The van der Waals surface area contributed by atoms with Gasteiger partial charge < -0.3 is 35.1 Å². The van der Waals surface area contributed by atoms with Crippen LogP contribution in [0.1, 0.15) is 0 Å². The summed E-state index contributed by atoms with van der Waals surface area (Å²) < 4.78 is 66.1. The van der Waals surface area contributed by atoms with E-state index in [1.807, 2.05) is 4.90 Å². The topological polar surface area (TPSA) is 158 Å². The Morgan fingerprint density at radius 3 is 1.34 bits per heavy atom. The molecule has 3 aromatic carbocycles. The van der Waals surface area contributed by atoms with Crippen molar-refractivity contribution in [1.29, 1.82) is 0 Å². The first kappa shape index (κ1) is 36.9. The van der Waals surface area contributed by atoms with Gasteiger partial charge in [0.05, 0.1) is 67.7 Å². The molecule has 3 fully saturated rings. The van der Waals surface area contributed by atoms with Crippen LogP contribution in [0.25, 0.3) is 0 Å². The van der Waals surface area contributed by atoms with Gasteiger partial charge in [-0.3, -0.25) is 20.2 Å². The Balaban J connectivity index is 0.000000178. The second-order valence-electron chi connectivity index (χ2n) is 10.1. The number of nitrogen functional groups attached to an aromatic ring is 1. The van der Waals surface area contributed by atoms with Gasteiger partial charge in [0.2, 0.25) is 0 Å². The highest BCUT2D eigenvalue weighted by Gasteiger charge is 2.17. The van der Waals surface area contributed by atoms with E-state index >= 15 is 0 Å². The molecule has 0 atom stereocenters. The van der Waals surface area contributed by atoms with Crippen LogP contribution < -0.4 is 20.9 Å². The molecule has 3 aliphatic heterocycles. The van der Waals surface area contributed by atoms with Crippen molar-refractivity contribution >= 4 is 28.4 Å². The highest BCUT2D eigenvalue weighted by molar-refractivity contribution is 5.56. The number of hydrogen-bond donors (Lipinski definition) is 2. The van der Waals surface area contributed by atoms with Gasteiger partial charge >= 0.3 is 0 Å². The van der Waals surface area contributed by atoms with Crippen molar-refractivity contribution < 1.29 is 41.6 Å². The maximum absolute atomic E-state index is 13.2. The molecule has 0 saturated carbocycles. The molecule has 17 heteroatoms. The lowest BCUT2D eigenvalue weighted by Crippen LogP contribution is -2.36. The average Bonchev–Trinajstić information content (AvgIpc) is 3.06. The molecular weight excluding hydrogens is 632 g/mol. The van der Waals surface area contributed by atoms with E-state index in [2.05, 4.69) is 10.2 Å². The van der Waals surface area contributed by atoms with E-state index in [4.69, 9.17) is 19.9 Å². The minimum Gasteiger partial charge on any atom is -0.399 e. The van der Waals surface area contributed by atoms with Crippen LogP contribution in [0.15, 0.2) is 54.6 Å². The van der Waals surface area contributed by atoms with Gasteiger partial charge in [-0.25, -0.2) is 17.6 Å². The highest BCUT2D eigenvalue weighted by Crippen LogP contribution is 2.24. The van der Waals surface area contributed by atoms with E-state index in [9.17, 15) is 37.8 Å². The maximum atomic E-state index is 13.2. The summed E-state index contributed by atoms with van der Waals surface area (Å²) in [5, 5.41) is 23.7. The molecule has 0 aromatic heterocycles. The largest absolute Gasteiger partial charge is 0.399 e. The molecule has 47 heavy (non-hydrogen) atoms. The first-order chi connectivity index (χ1) is 22.5. The minimum absolute atomic E-state index is 0.221. The van der Waals surface area contributed by atoms with Crippen LogP contribution >= 0.6 is 0 Å². The Bertz CT molecular complexity index is 1400. The van der Waals surface area contributed by atoms with Crippen LogP contribution in [-0.2, 0) is 14.2 Å². The third kappa shape index (κ3) is 13.4. The molecule has 256 valence electrons. The van der Waals surface area contributed by atoms with Crippen LogP contribution in [0.3, 0.4) is 0 Å². The van der Waals surface area contributed by atoms with Gasteiger partial charge in [-0.05, 0) is 24.3 Å². The summed E-state index contributed by atoms with van der Waals surface area (Å²) in [4.78, 5) is 23.1. The van der Waals surface area contributed by atoms with Crippen molar-refractivity contribution in [3.63, 3.8) is 0 Å². The minimum atomic E-state index is -0.948. The van der Waals surface area contributed by atoms with E-state index in [0.29, 0.717) is 69.1 Å². The molecule has 6 rings (SSSR count). The number of non-ortho nitro benzene ring substituents is 2. The Kier molecular flexibility index (Phi) is 15.0. The number of nitro groups is 2. The molecule has 0 radical (unpaired) electrons. The maximum Gasteiger partial charge on any atom is 0.275 e. The third-order valence-corrected chi connectivity index (χ3v) is 6.64. The zero-order valence-electron chi connectivity index (χ0n) is 25.4. The number of anilines is 3. The smallest absolute Gasteiger partial charge is 0.275 e. The van der Waals surface area contributed by atoms with Crippen molar-refractivity contribution in [2.24, 2.45) is 0 Å². The molecule has 3 saturated heterocycles. The van der Waals surface area contributed by atoms with E-state index in [-0.39, 0.29) is 11.5 Å². The number of nitro benzene ring substituents is 2. The summed E-state index contributed by atoms with van der Waals surface area (Å²) in [6, 6.07) is 10.1. The first-order valence-electron chi connectivity index (χ1n) is 14.6. The Hall–Kier alpha value is -4.58. The van der Waals surface area contributed by atoms with Gasteiger partial charge in [0.15, 0.2) is 0 Å². The SMILES string of the molecule is C1COCCN1.Nc1cc(F)cc(N2CCOCC2)c1.O=[N+]([O-])c1cc(F)cc(F)c1.O=[N+]([O-])c1cc(F)cc(N2CCOCC2)c1. The number of nitrogens with zero attached hydrogens (tertiary/aromatic N) is 4. The molecule has 0 aliphatic carbocycles. The number of ether oxygens (including phenoxy) is 3. The van der Waals surface area contributed by atoms with E-state index in [1.54, 1.807) is 6.07 Å². The van der Waals surface area contributed by atoms with Crippen molar-refractivity contribution in [1.82, 2.24) is 5.32 Å². The second-order valence-corrected chi connectivity index (χ2v) is 10.1. The van der Waals surface area contributed by atoms with E-state index in [1.165, 1.54) is 24.3 Å². The van der Waals surface area contributed by atoms with E-state index < -0.39 is 33.0 Å². The van der Waals surface area contributed by atoms with Crippen LogP contribution in [-0.4, -0.2) is 88.8 Å². The predicted molar refractivity (Wildman–Crippen MR) is 167 cm³/mol. The molecule has 13 nitrogen and oxygen atoms in total. The fraction of sp³-hybridized carbons (Fsp3) is 0.400. The standard InChI is InChI=1S/C10H11FN2O3.C10H13FN2O.C6H3F2NO2.C4H9NO/c11-8-5-9(7-10(6-8)13(14)15)12-1-3-16-4-2-12;11-8-5-9(12)7-10(6-8)13-1-3-14-4-2-13;7-4-1-5(8)3-6(2-4)9(10)11;1-3-6-4-2-5-1/h5-7H,1-4H2;5-7H,1-4,12H2;1-3H;5H,1-4H2. The van der Waals surface area contributed by atoms with Gasteiger partial charge in [-0.2, -0.15) is 0 Å². The summed E-state index contributed by atoms with van der Waals surface area (Å²) in [5.74, 6) is -2.77. The molecule has 0 unspecified atom stereocenters. The second kappa shape index (κ2) is 19.2. The molecule has 3 N–H and O–H groups in total. The third-order valence-electron chi connectivity index (χ3n) is 6.64. The number of hydrogen-bond acceptors (Lipinski definition) is 11. The lowest BCUT2D eigenvalue weighted by Gasteiger charge is -2.29. The van der Waals surface area contributed by atoms with Crippen LogP contribution in [0, 0.1) is 43.5 Å². The lowest BCUT2D eigenvalue weighted by atomic mass is 10.2. The molecule has 0 spiro atoms. The van der Waals surface area contributed by atoms with Gasteiger partial charge in [-0.15, -0.1) is 0 Å². The fourth-order valence-corrected chi connectivity index (χ4v) is 4.43. The molecule has 3 heterocycles. The number of halogens is 4. The zero-order valence-corrected chi connectivity index (χ0v) is 25.4.